The highest BCUT2D eigenvalue weighted by atomic mass is 79.9. The molecule has 0 unspecified atom stereocenters. The van der Waals surface area contributed by atoms with Gasteiger partial charge in [0.2, 0.25) is 0 Å². The van der Waals surface area contributed by atoms with Crippen molar-refractivity contribution in [2.75, 3.05) is 6.54 Å². The second-order valence-electron chi connectivity index (χ2n) is 2.73. The molecule has 1 rings (SSSR count). The van der Waals surface area contributed by atoms with Gasteiger partial charge in [0.1, 0.15) is 0 Å². The zero-order chi connectivity index (χ0) is 11.4. The van der Waals surface area contributed by atoms with Crippen LogP contribution in [0.5, 0.6) is 0 Å². The average molecular weight is 299 g/mol. The molecule has 0 aromatic heterocycles. The predicted octanol–water partition coefficient (Wildman–Crippen LogP) is 3.10. The minimum atomic E-state index is -2.56. The van der Waals surface area contributed by atoms with Crippen molar-refractivity contribution in [3.63, 3.8) is 0 Å². The molecule has 0 aliphatic rings. The number of rotatable bonds is 3. The minimum absolute atomic E-state index is 0.278. The van der Waals surface area contributed by atoms with Crippen molar-refractivity contribution < 1.29 is 13.6 Å². The maximum Gasteiger partial charge on any atom is 0.255 e. The van der Waals surface area contributed by atoms with Crippen LogP contribution in [0.25, 0.3) is 0 Å². The fourth-order valence-corrected chi connectivity index (χ4v) is 1.80. The Kier molecular flexibility index (Phi) is 4.47. The van der Waals surface area contributed by atoms with Crippen molar-refractivity contribution in [1.29, 1.82) is 0 Å². The number of benzene rings is 1. The van der Waals surface area contributed by atoms with Gasteiger partial charge < -0.3 is 5.32 Å². The summed E-state index contributed by atoms with van der Waals surface area (Å²) in [5, 5.41) is 2.56. The highest BCUT2D eigenvalue weighted by Gasteiger charge is 2.11. The number of hydrogen-bond donors (Lipinski definition) is 1. The molecule has 0 saturated heterocycles. The van der Waals surface area contributed by atoms with Gasteiger partial charge in [0.25, 0.3) is 12.3 Å². The molecule has 1 aromatic rings. The lowest BCUT2D eigenvalue weighted by atomic mass is 10.2. The zero-order valence-electron chi connectivity index (χ0n) is 7.44. The van der Waals surface area contributed by atoms with Crippen LogP contribution in [0.4, 0.5) is 8.78 Å². The van der Waals surface area contributed by atoms with E-state index in [0.29, 0.717) is 9.50 Å². The van der Waals surface area contributed by atoms with Crippen LogP contribution in [-0.2, 0) is 0 Å². The minimum Gasteiger partial charge on any atom is -0.346 e. The topological polar surface area (TPSA) is 29.1 Å². The molecule has 2 nitrogen and oxygen atoms in total. The van der Waals surface area contributed by atoms with E-state index in [1.807, 2.05) is 0 Å². The van der Waals surface area contributed by atoms with E-state index in [0.717, 1.165) is 0 Å². The maximum atomic E-state index is 11.8. The predicted molar refractivity (Wildman–Crippen MR) is 57.5 cm³/mol. The fraction of sp³-hybridized carbons (Fsp3) is 0.222. The third kappa shape index (κ3) is 3.76. The summed E-state index contributed by atoms with van der Waals surface area (Å²) in [7, 11) is 0. The van der Waals surface area contributed by atoms with Crippen molar-refractivity contribution in [1.82, 2.24) is 5.32 Å². The Morgan fingerprint density at radius 2 is 2.20 bits per heavy atom. The van der Waals surface area contributed by atoms with E-state index in [1.165, 1.54) is 18.2 Å². The molecule has 0 radical (unpaired) electrons. The third-order valence-corrected chi connectivity index (χ3v) is 2.48. The molecule has 0 atom stereocenters. The van der Waals surface area contributed by atoms with Crippen molar-refractivity contribution in [3.05, 3.63) is 33.3 Å². The molecule has 0 aliphatic heterocycles. The van der Waals surface area contributed by atoms with Crippen LogP contribution in [0, 0.1) is 0 Å². The molecule has 0 aliphatic carbocycles. The number of hydrogen-bond acceptors (Lipinski definition) is 1. The summed E-state index contributed by atoms with van der Waals surface area (Å²) in [6.45, 7) is -0.659. The van der Waals surface area contributed by atoms with Crippen LogP contribution in [0.2, 0.25) is 5.02 Å². The first-order chi connectivity index (χ1) is 7.00. The van der Waals surface area contributed by atoms with Crippen molar-refractivity contribution in [2.24, 2.45) is 0 Å². The smallest absolute Gasteiger partial charge is 0.255 e. The van der Waals surface area contributed by atoms with Gasteiger partial charge in [-0.15, -0.1) is 0 Å². The molecule has 1 N–H and O–H groups in total. The Labute approximate surface area is 98.7 Å². The first-order valence-corrected chi connectivity index (χ1v) is 5.19. The largest absolute Gasteiger partial charge is 0.346 e. The van der Waals surface area contributed by atoms with Gasteiger partial charge in [-0.25, -0.2) is 8.78 Å². The van der Waals surface area contributed by atoms with Crippen molar-refractivity contribution >= 4 is 33.4 Å². The van der Waals surface area contributed by atoms with Crippen LogP contribution in [0.15, 0.2) is 22.7 Å². The number of carbonyl (C=O) groups excluding carboxylic acids is 1. The van der Waals surface area contributed by atoms with Crippen molar-refractivity contribution in [2.45, 2.75) is 6.43 Å². The number of alkyl halides is 2. The number of carbonyl (C=O) groups is 1. The van der Waals surface area contributed by atoms with E-state index in [9.17, 15) is 13.6 Å². The molecule has 0 spiro atoms. The molecule has 0 saturated carbocycles. The van der Waals surface area contributed by atoms with Gasteiger partial charge in [-0.05, 0) is 34.1 Å². The van der Waals surface area contributed by atoms with Crippen LogP contribution in [-0.4, -0.2) is 18.9 Å². The van der Waals surface area contributed by atoms with Gasteiger partial charge in [-0.2, -0.15) is 0 Å². The third-order valence-electron chi connectivity index (χ3n) is 1.59. The van der Waals surface area contributed by atoms with E-state index >= 15 is 0 Å². The highest BCUT2D eigenvalue weighted by molar-refractivity contribution is 9.10. The number of nitrogens with one attached hydrogen (secondary N) is 1. The molecular formula is C9H7BrClF2NO. The number of halogens is 4. The second kappa shape index (κ2) is 5.42. The molecule has 1 aromatic carbocycles. The second-order valence-corrected chi connectivity index (χ2v) is 4.02. The van der Waals surface area contributed by atoms with Crippen LogP contribution in [0.1, 0.15) is 10.4 Å². The lowest BCUT2D eigenvalue weighted by Gasteiger charge is -2.06. The Morgan fingerprint density at radius 1 is 1.53 bits per heavy atom. The summed E-state index contributed by atoms with van der Waals surface area (Å²) < 4.78 is 24.1. The Bertz CT molecular complexity index is 373. The summed E-state index contributed by atoms with van der Waals surface area (Å²) >= 11 is 8.79. The quantitative estimate of drug-likeness (QED) is 0.913. The molecule has 82 valence electrons. The summed E-state index contributed by atoms with van der Waals surface area (Å²) in [5.74, 6) is -0.557. The summed E-state index contributed by atoms with van der Waals surface area (Å²) in [5.41, 5.74) is 0.278. The molecule has 0 heterocycles. The monoisotopic (exact) mass is 297 g/mol. The average Bonchev–Trinajstić information content (AvgIpc) is 2.14. The van der Waals surface area contributed by atoms with E-state index in [4.69, 9.17) is 11.6 Å². The lowest BCUT2D eigenvalue weighted by molar-refractivity contribution is 0.0891. The van der Waals surface area contributed by atoms with Crippen LogP contribution in [0.3, 0.4) is 0 Å². The first kappa shape index (κ1) is 12.4. The summed E-state index contributed by atoms with van der Waals surface area (Å²) in [4.78, 5) is 11.4. The van der Waals surface area contributed by atoms with Gasteiger partial charge in [0, 0.05) is 9.50 Å². The first-order valence-electron chi connectivity index (χ1n) is 4.02. The zero-order valence-corrected chi connectivity index (χ0v) is 9.78. The molecule has 6 heteroatoms. The fourth-order valence-electron chi connectivity index (χ4n) is 0.939. The van der Waals surface area contributed by atoms with E-state index < -0.39 is 18.9 Å². The van der Waals surface area contributed by atoms with E-state index in [2.05, 4.69) is 21.2 Å². The molecular weight excluding hydrogens is 291 g/mol. The highest BCUT2D eigenvalue weighted by Crippen LogP contribution is 2.21. The van der Waals surface area contributed by atoms with Gasteiger partial charge >= 0.3 is 0 Å². The summed E-state index contributed by atoms with van der Waals surface area (Å²) in [6, 6.07) is 4.51. The molecule has 15 heavy (non-hydrogen) atoms. The van der Waals surface area contributed by atoms with Gasteiger partial charge in [-0.1, -0.05) is 11.6 Å². The van der Waals surface area contributed by atoms with Crippen LogP contribution >= 0.6 is 27.5 Å². The van der Waals surface area contributed by atoms with E-state index in [1.54, 1.807) is 0 Å². The SMILES string of the molecule is O=C(NCC(F)F)c1ccc(Cl)cc1Br. The molecule has 1 amide bonds. The molecule has 0 bridgehead atoms. The van der Waals surface area contributed by atoms with Gasteiger partial charge in [-0.3, -0.25) is 4.79 Å². The standard InChI is InChI=1S/C9H7BrClF2NO/c10-7-3-5(11)1-2-6(7)9(15)14-4-8(12)13/h1-3,8H,4H2,(H,14,15). The normalized spacial score (nSPS) is 10.5. The van der Waals surface area contributed by atoms with Crippen LogP contribution < -0.4 is 5.32 Å². The Hall–Kier alpha value is -0.680. The van der Waals surface area contributed by atoms with Gasteiger partial charge in [0.05, 0.1) is 12.1 Å². The maximum absolute atomic E-state index is 11.8. The lowest BCUT2D eigenvalue weighted by Crippen LogP contribution is -2.28. The summed E-state index contributed by atoms with van der Waals surface area (Å²) in [6.07, 6.45) is -2.56. The van der Waals surface area contributed by atoms with Crippen molar-refractivity contribution in [3.8, 4) is 0 Å². The number of amides is 1. The van der Waals surface area contributed by atoms with Gasteiger partial charge in [0.15, 0.2) is 0 Å². The van der Waals surface area contributed by atoms with E-state index in [-0.39, 0.29) is 5.56 Å². The Balaban J connectivity index is 2.74. The Morgan fingerprint density at radius 3 is 2.73 bits per heavy atom. The molecule has 0 fully saturated rings.